The first-order valence-corrected chi connectivity index (χ1v) is 11.9. The lowest BCUT2D eigenvalue weighted by atomic mass is 10.0. The maximum Gasteiger partial charge on any atom is 0.410 e. The number of benzene rings is 2. The summed E-state index contributed by atoms with van der Waals surface area (Å²) in [6.45, 7) is 4.20. The largest absolute Gasteiger partial charge is 0.450 e. The molecule has 2 aromatic carbocycles. The van der Waals surface area contributed by atoms with Crippen LogP contribution in [0.2, 0.25) is 0 Å². The van der Waals surface area contributed by atoms with Crippen LogP contribution < -0.4 is 11.2 Å². The Balaban J connectivity index is 1.43. The van der Waals surface area contributed by atoms with E-state index in [9.17, 15) is 9.59 Å². The Morgan fingerprint density at radius 1 is 1.12 bits per heavy atom. The second-order valence-electron chi connectivity index (χ2n) is 9.12. The van der Waals surface area contributed by atoms with E-state index >= 15 is 0 Å². The van der Waals surface area contributed by atoms with Crippen molar-refractivity contribution in [3.05, 3.63) is 53.6 Å². The van der Waals surface area contributed by atoms with Crippen molar-refractivity contribution in [3.8, 4) is 11.1 Å². The van der Waals surface area contributed by atoms with Crippen molar-refractivity contribution in [1.29, 1.82) is 0 Å². The van der Waals surface area contributed by atoms with Crippen LogP contribution in [0.4, 0.5) is 10.5 Å². The smallest absolute Gasteiger partial charge is 0.410 e. The van der Waals surface area contributed by atoms with Crippen LogP contribution in [-0.4, -0.2) is 53.2 Å². The minimum absolute atomic E-state index is 0.0939. The molecule has 1 atom stereocenters. The lowest BCUT2D eigenvalue weighted by Crippen LogP contribution is -2.49. The molecule has 1 aliphatic carbocycles. The normalized spacial score (nSPS) is 20.7. The summed E-state index contributed by atoms with van der Waals surface area (Å²) < 4.78 is 5.34. The van der Waals surface area contributed by atoms with Crippen LogP contribution in [0, 0.1) is 0 Å². The minimum Gasteiger partial charge on any atom is -0.450 e. The van der Waals surface area contributed by atoms with Crippen molar-refractivity contribution in [1.82, 2.24) is 9.80 Å². The van der Waals surface area contributed by atoms with E-state index in [4.69, 9.17) is 10.6 Å². The molecule has 34 heavy (non-hydrogen) atoms. The average molecular weight is 463 g/mol. The summed E-state index contributed by atoms with van der Waals surface area (Å²) in [5.41, 5.74) is 4.08. The van der Waals surface area contributed by atoms with E-state index in [-0.39, 0.29) is 12.0 Å². The Bertz CT molecular complexity index is 1110. The molecule has 2 fully saturated rings. The third-order valence-corrected chi connectivity index (χ3v) is 7.07. The van der Waals surface area contributed by atoms with Gasteiger partial charge in [0.05, 0.1) is 18.7 Å². The zero-order valence-corrected chi connectivity index (χ0v) is 19.4. The third kappa shape index (κ3) is 3.95. The number of anilines is 1. The first-order valence-electron chi connectivity index (χ1n) is 11.9. The molecule has 2 aliphatic heterocycles. The van der Waals surface area contributed by atoms with Gasteiger partial charge in [-0.25, -0.2) is 4.79 Å². The molecule has 2 aromatic rings. The Morgan fingerprint density at radius 2 is 1.82 bits per heavy atom. The van der Waals surface area contributed by atoms with Gasteiger partial charge in [0.15, 0.2) is 6.17 Å². The molecule has 1 saturated heterocycles. The number of carbonyl (C=O) groups excluding carboxylic acids is 2. The molecule has 0 radical (unpaired) electrons. The highest BCUT2D eigenvalue weighted by Gasteiger charge is 2.58. The molecule has 0 bridgehead atoms. The van der Waals surface area contributed by atoms with Crippen LogP contribution >= 0.6 is 0 Å². The number of hydrogen-bond donors (Lipinski definition) is 2. The minimum atomic E-state index is -0.494. The fourth-order valence-corrected chi connectivity index (χ4v) is 5.02. The molecular weight excluding hydrogens is 432 g/mol. The molecule has 2 heterocycles. The molecule has 9 nitrogen and oxygen atoms in total. The van der Waals surface area contributed by atoms with E-state index in [0.717, 1.165) is 61.2 Å². The summed E-state index contributed by atoms with van der Waals surface area (Å²) in [5.74, 6) is 5.51. The number of nitrogens with zero attached hydrogens (tertiary/aromatic N) is 4. The van der Waals surface area contributed by atoms with Crippen LogP contribution in [0.1, 0.15) is 48.5 Å². The van der Waals surface area contributed by atoms with Gasteiger partial charge in [0.25, 0.3) is 5.91 Å². The maximum atomic E-state index is 12.8. The van der Waals surface area contributed by atoms with E-state index in [0.29, 0.717) is 18.7 Å². The van der Waals surface area contributed by atoms with Gasteiger partial charge in [0.1, 0.15) is 0 Å². The van der Waals surface area contributed by atoms with E-state index in [2.05, 4.69) is 21.7 Å². The lowest BCUT2D eigenvalue weighted by molar-refractivity contribution is 0.0763. The number of rotatable bonds is 4. The number of fused-ring (bicyclic) bond motifs is 1. The number of hydrogen-bond acceptors (Lipinski definition) is 6. The van der Waals surface area contributed by atoms with Crippen molar-refractivity contribution in [2.75, 3.05) is 25.0 Å². The van der Waals surface area contributed by atoms with Gasteiger partial charge in [-0.1, -0.05) is 29.5 Å². The SMILES string of the molecule is CCOC(=O)N1Cc2ccc(-c3ccc(C(=O)N4CCCC4)cc3)cc2NC(N=NN)C12CC2. The number of carbonyl (C=O) groups is 2. The van der Waals surface area contributed by atoms with Crippen molar-refractivity contribution < 1.29 is 14.3 Å². The Morgan fingerprint density at radius 3 is 2.47 bits per heavy atom. The Kier molecular flexibility index (Phi) is 5.85. The summed E-state index contributed by atoms with van der Waals surface area (Å²) in [6.07, 6.45) is 2.94. The van der Waals surface area contributed by atoms with E-state index in [1.54, 1.807) is 11.8 Å². The second kappa shape index (κ2) is 8.96. The summed E-state index contributed by atoms with van der Waals surface area (Å²) >= 11 is 0. The fraction of sp³-hybridized carbons (Fsp3) is 0.440. The summed E-state index contributed by atoms with van der Waals surface area (Å²) in [6, 6.07) is 13.8. The monoisotopic (exact) mass is 462 g/mol. The molecule has 178 valence electrons. The van der Waals surface area contributed by atoms with Gasteiger partial charge in [-0.15, -0.1) is 5.11 Å². The fourth-order valence-electron chi connectivity index (χ4n) is 5.02. The zero-order valence-electron chi connectivity index (χ0n) is 19.4. The van der Waals surface area contributed by atoms with Gasteiger partial charge in [0, 0.05) is 24.3 Å². The second-order valence-corrected chi connectivity index (χ2v) is 9.12. The summed E-state index contributed by atoms with van der Waals surface area (Å²) in [5, 5.41) is 11.2. The van der Waals surface area contributed by atoms with Crippen LogP contribution in [0.25, 0.3) is 11.1 Å². The first-order chi connectivity index (χ1) is 16.6. The molecule has 3 aliphatic rings. The molecule has 5 rings (SSSR count). The molecular formula is C25H30N6O3. The average Bonchev–Trinajstić information content (AvgIpc) is 3.49. The molecule has 0 aromatic heterocycles. The van der Waals surface area contributed by atoms with Crippen molar-refractivity contribution in [2.24, 2.45) is 16.2 Å². The van der Waals surface area contributed by atoms with Gasteiger partial charge in [-0.3, -0.25) is 9.69 Å². The molecule has 2 amide bonds. The number of amides is 2. The van der Waals surface area contributed by atoms with Gasteiger partial charge in [0.2, 0.25) is 0 Å². The van der Waals surface area contributed by atoms with Crippen molar-refractivity contribution >= 4 is 17.7 Å². The first kappa shape index (κ1) is 22.2. The number of nitrogens with two attached hydrogens (primary N) is 1. The maximum absolute atomic E-state index is 12.8. The highest BCUT2D eigenvalue weighted by molar-refractivity contribution is 5.95. The van der Waals surface area contributed by atoms with Crippen molar-refractivity contribution in [2.45, 2.75) is 50.9 Å². The van der Waals surface area contributed by atoms with E-state index in [1.165, 1.54) is 0 Å². The molecule has 1 saturated carbocycles. The van der Waals surface area contributed by atoms with Crippen LogP contribution in [-0.2, 0) is 11.3 Å². The quantitative estimate of drug-likeness (QED) is 0.402. The number of ether oxygens (including phenoxy) is 1. The number of likely N-dealkylation sites (tertiary alicyclic amines) is 1. The predicted molar refractivity (Wildman–Crippen MR) is 128 cm³/mol. The molecule has 3 N–H and O–H groups in total. The van der Waals surface area contributed by atoms with Crippen LogP contribution in [0.3, 0.4) is 0 Å². The third-order valence-electron chi connectivity index (χ3n) is 7.07. The highest BCUT2D eigenvalue weighted by Crippen LogP contribution is 2.49. The van der Waals surface area contributed by atoms with Gasteiger partial charge >= 0.3 is 6.09 Å². The van der Waals surface area contributed by atoms with Gasteiger partial charge in [-0.05, 0) is 67.5 Å². The Labute approximate surface area is 198 Å². The summed E-state index contributed by atoms with van der Waals surface area (Å²) in [7, 11) is 0. The molecule has 1 unspecified atom stereocenters. The Hall–Kier alpha value is -3.62. The standard InChI is InChI=1S/C25H30N6O3/c1-2-34-24(33)31-16-20-10-9-19(15-21(20)27-23(28-29-26)25(31)11-12-25)17-5-7-18(8-6-17)22(32)30-13-3-4-14-30/h5-10,15,23,27H,2-4,11-14,16H2,1H3,(H2,26,28). The predicted octanol–water partition coefficient (Wildman–Crippen LogP) is 4.16. The zero-order chi connectivity index (χ0) is 23.7. The van der Waals surface area contributed by atoms with Crippen molar-refractivity contribution in [3.63, 3.8) is 0 Å². The van der Waals surface area contributed by atoms with E-state index < -0.39 is 11.7 Å². The highest BCUT2D eigenvalue weighted by atomic mass is 16.6. The van der Waals surface area contributed by atoms with E-state index in [1.807, 2.05) is 41.3 Å². The lowest BCUT2D eigenvalue weighted by Gasteiger charge is -2.32. The molecule has 1 spiro atoms. The summed E-state index contributed by atoms with van der Waals surface area (Å²) in [4.78, 5) is 29.1. The van der Waals surface area contributed by atoms with Crippen LogP contribution in [0.5, 0.6) is 0 Å². The molecule has 9 heteroatoms. The van der Waals surface area contributed by atoms with Gasteiger partial charge < -0.3 is 20.8 Å². The number of nitrogens with one attached hydrogen (secondary N) is 1. The topological polar surface area (TPSA) is 113 Å². The van der Waals surface area contributed by atoms with Crippen LogP contribution in [0.15, 0.2) is 52.8 Å². The van der Waals surface area contributed by atoms with Gasteiger partial charge in [-0.2, -0.15) is 0 Å².